The summed E-state index contributed by atoms with van der Waals surface area (Å²) >= 11 is 5.19. The molecule has 1 fully saturated rings. The van der Waals surface area contributed by atoms with Crippen molar-refractivity contribution in [2.75, 3.05) is 0 Å². The minimum Gasteiger partial charge on any atom is -0.299 e. The number of rotatable bonds is 5. The Morgan fingerprint density at radius 2 is 2.11 bits per heavy atom. The lowest BCUT2D eigenvalue weighted by atomic mass is 9.78. The number of hydrogen-bond donors (Lipinski definition) is 0. The lowest BCUT2D eigenvalue weighted by molar-refractivity contribution is -0.123. The molecule has 0 aromatic carbocycles. The van der Waals surface area contributed by atoms with Crippen LogP contribution in [0.1, 0.15) is 50.3 Å². The third-order valence-electron chi connectivity index (χ3n) is 4.02. The van der Waals surface area contributed by atoms with Crippen LogP contribution in [0.2, 0.25) is 0 Å². The van der Waals surface area contributed by atoms with Crippen molar-refractivity contribution in [2.45, 2.75) is 51.9 Å². The lowest BCUT2D eigenvalue weighted by Crippen LogP contribution is -2.23. The molecule has 1 saturated carbocycles. The fourth-order valence-corrected chi connectivity index (χ4v) is 4.44. The molecule has 0 saturated heterocycles. The van der Waals surface area contributed by atoms with Crippen molar-refractivity contribution in [3.05, 3.63) is 20.8 Å². The highest BCUT2D eigenvalue weighted by atomic mass is 79.9. The number of carbonyl (C=O) groups excluding carboxylic acids is 1. The molecule has 18 heavy (non-hydrogen) atoms. The molecule has 0 atom stereocenters. The van der Waals surface area contributed by atoms with Crippen molar-refractivity contribution in [1.82, 2.24) is 0 Å². The molecule has 1 aliphatic rings. The summed E-state index contributed by atoms with van der Waals surface area (Å²) in [6, 6.07) is 2.03. The summed E-state index contributed by atoms with van der Waals surface area (Å²) in [5.41, 5.74) is 0. The Hall–Kier alpha value is -0.150. The van der Waals surface area contributed by atoms with Crippen LogP contribution in [0, 0.1) is 11.8 Å². The number of halogens is 1. The summed E-state index contributed by atoms with van der Waals surface area (Å²) in [7, 11) is 0. The molecule has 2 rings (SSSR count). The van der Waals surface area contributed by atoms with E-state index in [-0.39, 0.29) is 0 Å². The Morgan fingerprint density at radius 1 is 1.39 bits per heavy atom. The molecule has 100 valence electrons. The van der Waals surface area contributed by atoms with E-state index in [4.69, 9.17) is 0 Å². The standard InChI is InChI=1S/C15H21BrOS/c1-2-3-11-4-6-12(7-5-11)14(17)10-15-13(16)8-9-18-15/h8-9,11-12H,2-7,10H2,1H3. The van der Waals surface area contributed by atoms with E-state index in [0.29, 0.717) is 18.1 Å². The van der Waals surface area contributed by atoms with Crippen LogP contribution < -0.4 is 0 Å². The van der Waals surface area contributed by atoms with Gasteiger partial charge in [0.15, 0.2) is 0 Å². The quantitative estimate of drug-likeness (QED) is 0.723. The maximum Gasteiger partial charge on any atom is 0.141 e. The molecule has 0 N–H and O–H groups in total. The normalized spacial score (nSPS) is 24.1. The zero-order chi connectivity index (χ0) is 13.0. The second kappa shape index (κ2) is 6.85. The molecule has 0 radical (unpaired) electrons. The molecule has 1 aliphatic carbocycles. The van der Waals surface area contributed by atoms with Crippen LogP contribution in [0.5, 0.6) is 0 Å². The molecule has 0 aliphatic heterocycles. The van der Waals surface area contributed by atoms with Crippen molar-refractivity contribution in [2.24, 2.45) is 11.8 Å². The summed E-state index contributed by atoms with van der Waals surface area (Å²) < 4.78 is 1.10. The number of Topliss-reactive ketones (excluding diaryl/α,β-unsaturated/α-hetero) is 1. The molecular formula is C15H21BrOS. The number of ketones is 1. The molecule has 1 aromatic rings. The maximum atomic E-state index is 12.3. The maximum absolute atomic E-state index is 12.3. The molecule has 1 nitrogen and oxygen atoms in total. The second-order valence-corrected chi connectivity index (χ2v) is 7.20. The summed E-state index contributed by atoms with van der Waals surface area (Å²) in [5.74, 6) is 1.66. The Labute approximate surface area is 122 Å². The highest BCUT2D eigenvalue weighted by molar-refractivity contribution is 9.10. The number of hydrogen-bond acceptors (Lipinski definition) is 2. The van der Waals surface area contributed by atoms with E-state index >= 15 is 0 Å². The molecular weight excluding hydrogens is 308 g/mol. The van der Waals surface area contributed by atoms with E-state index in [1.54, 1.807) is 11.3 Å². The fraction of sp³-hybridized carbons (Fsp3) is 0.667. The van der Waals surface area contributed by atoms with Crippen LogP contribution in [-0.2, 0) is 11.2 Å². The van der Waals surface area contributed by atoms with Gasteiger partial charge in [-0.2, -0.15) is 0 Å². The Morgan fingerprint density at radius 3 is 2.67 bits per heavy atom. The predicted molar refractivity (Wildman–Crippen MR) is 81.1 cm³/mol. The van der Waals surface area contributed by atoms with E-state index in [9.17, 15) is 4.79 Å². The summed E-state index contributed by atoms with van der Waals surface area (Å²) in [6.07, 6.45) is 8.01. The SMILES string of the molecule is CCCC1CCC(C(=O)Cc2sccc2Br)CC1. The van der Waals surface area contributed by atoms with Gasteiger partial charge in [0.05, 0.1) is 0 Å². The zero-order valence-electron chi connectivity index (χ0n) is 11.0. The van der Waals surface area contributed by atoms with Gasteiger partial charge in [0.25, 0.3) is 0 Å². The van der Waals surface area contributed by atoms with Crippen LogP contribution in [0.4, 0.5) is 0 Å². The van der Waals surface area contributed by atoms with Crippen molar-refractivity contribution in [1.29, 1.82) is 0 Å². The van der Waals surface area contributed by atoms with Crippen molar-refractivity contribution in [3.63, 3.8) is 0 Å². The topological polar surface area (TPSA) is 17.1 Å². The predicted octanol–water partition coefficient (Wildman–Crippen LogP) is 5.23. The molecule has 0 bridgehead atoms. The average Bonchev–Trinajstić information content (AvgIpc) is 2.76. The third kappa shape index (κ3) is 3.67. The van der Waals surface area contributed by atoms with E-state index < -0.39 is 0 Å². The van der Waals surface area contributed by atoms with Gasteiger partial charge in [-0.15, -0.1) is 11.3 Å². The Balaban J connectivity index is 1.83. The van der Waals surface area contributed by atoms with Crippen LogP contribution >= 0.6 is 27.3 Å². The smallest absolute Gasteiger partial charge is 0.141 e. The van der Waals surface area contributed by atoms with Crippen LogP contribution in [0.3, 0.4) is 0 Å². The monoisotopic (exact) mass is 328 g/mol. The van der Waals surface area contributed by atoms with E-state index in [2.05, 4.69) is 22.9 Å². The van der Waals surface area contributed by atoms with E-state index in [0.717, 1.165) is 23.2 Å². The first kappa shape index (κ1) is 14.3. The molecule has 1 aromatic heterocycles. The van der Waals surface area contributed by atoms with Gasteiger partial charge in [0.1, 0.15) is 5.78 Å². The van der Waals surface area contributed by atoms with Crippen LogP contribution in [-0.4, -0.2) is 5.78 Å². The fourth-order valence-electron chi connectivity index (χ4n) is 2.94. The molecule has 0 unspecified atom stereocenters. The van der Waals surface area contributed by atoms with E-state index in [1.807, 2.05) is 11.4 Å². The molecule has 0 amide bonds. The van der Waals surface area contributed by atoms with Gasteiger partial charge in [-0.1, -0.05) is 19.8 Å². The van der Waals surface area contributed by atoms with Gasteiger partial charge in [0.2, 0.25) is 0 Å². The molecule has 3 heteroatoms. The largest absolute Gasteiger partial charge is 0.299 e. The Bertz CT molecular complexity index is 391. The van der Waals surface area contributed by atoms with Gasteiger partial charge < -0.3 is 0 Å². The second-order valence-electron chi connectivity index (χ2n) is 5.34. The van der Waals surface area contributed by atoms with Crippen molar-refractivity contribution >= 4 is 33.0 Å². The molecule has 0 spiro atoms. The summed E-state index contributed by atoms with van der Waals surface area (Å²) in [5, 5.41) is 2.05. The molecule has 1 heterocycles. The van der Waals surface area contributed by atoms with Gasteiger partial charge >= 0.3 is 0 Å². The third-order valence-corrected chi connectivity index (χ3v) is 5.95. The highest BCUT2D eigenvalue weighted by Gasteiger charge is 2.26. The van der Waals surface area contributed by atoms with Crippen LogP contribution in [0.15, 0.2) is 15.9 Å². The van der Waals surface area contributed by atoms with Crippen LogP contribution in [0.25, 0.3) is 0 Å². The first-order valence-electron chi connectivity index (χ1n) is 6.95. The zero-order valence-corrected chi connectivity index (χ0v) is 13.4. The minimum atomic E-state index is 0.326. The van der Waals surface area contributed by atoms with Gasteiger partial charge in [-0.3, -0.25) is 4.79 Å². The first-order valence-corrected chi connectivity index (χ1v) is 8.62. The lowest BCUT2D eigenvalue weighted by Gasteiger charge is -2.27. The van der Waals surface area contributed by atoms with Gasteiger partial charge in [-0.05, 0) is 59.0 Å². The van der Waals surface area contributed by atoms with Crippen molar-refractivity contribution in [3.8, 4) is 0 Å². The summed E-state index contributed by atoms with van der Waals surface area (Å²) in [6.45, 7) is 2.26. The van der Waals surface area contributed by atoms with Crippen molar-refractivity contribution < 1.29 is 4.79 Å². The minimum absolute atomic E-state index is 0.326. The van der Waals surface area contributed by atoms with E-state index in [1.165, 1.54) is 30.6 Å². The highest BCUT2D eigenvalue weighted by Crippen LogP contribution is 2.33. The van der Waals surface area contributed by atoms with Gasteiger partial charge in [0, 0.05) is 21.7 Å². The number of thiophene rings is 1. The summed E-state index contributed by atoms with van der Waals surface area (Å²) in [4.78, 5) is 13.5. The first-order chi connectivity index (χ1) is 8.70. The van der Waals surface area contributed by atoms with Gasteiger partial charge in [-0.25, -0.2) is 0 Å². The average molecular weight is 329 g/mol. The Kier molecular flexibility index (Phi) is 5.43. The number of carbonyl (C=O) groups is 1.